The summed E-state index contributed by atoms with van der Waals surface area (Å²) in [6.07, 6.45) is 4.85. The summed E-state index contributed by atoms with van der Waals surface area (Å²) < 4.78 is 4.93. The van der Waals surface area contributed by atoms with Crippen LogP contribution in [0.2, 0.25) is 0 Å². The van der Waals surface area contributed by atoms with Gasteiger partial charge in [-0.25, -0.2) is 0 Å². The molecular weight excluding hydrogens is 204 g/mol. The van der Waals surface area contributed by atoms with Gasteiger partial charge in [0.1, 0.15) is 5.76 Å². The monoisotopic (exact) mass is 220 g/mol. The van der Waals surface area contributed by atoms with Crippen molar-refractivity contribution in [3.63, 3.8) is 0 Å². The summed E-state index contributed by atoms with van der Waals surface area (Å²) in [7, 11) is 0. The smallest absolute Gasteiger partial charge is 0.229 e. The number of nitrogens with one attached hydrogen (secondary N) is 1. The van der Waals surface area contributed by atoms with Crippen LogP contribution < -0.4 is 5.32 Å². The summed E-state index contributed by atoms with van der Waals surface area (Å²) in [6, 6.07) is 1.76. The van der Waals surface area contributed by atoms with Crippen molar-refractivity contribution in [1.82, 2.24) is 5.16 Å². The molecular formula is C12H16N2O2. The van der Waals surface area contributed by atoms with Gasteiger partial charge in [-0.05, 0) is 38.0 Å². The summed E-state index contributed by atoms with van der Waals surface area (Å²) >= 11 is 0. The van der Waals surface area contributed by atoms with Crippen molar-refractivity contribution in [3.8, 4) is 0 Å². The Morgan fingerprint density at radius 1 is 1.50 bits per heavy atom. The number of fused-ring (bicyclic) bond motifs is 2. The number of amides is 1. The summed E-state index contributed by atoms with van der Waals surface area (Å²) in [5.74, 6) is 3.00. The van der Waals surface area contributed by atoms with E-state index in [-0.39, 0.29) is 11.8 Å². The highest BCUT2D eigenvalue weighted by Gasteiger charge is 2.43. The fraction of sp³-hybridized carbons (Fsp3) is 0.667. The number of nitrogens with zero attached hydrogens (tertiary/aromatic N) is 1. The molecule has 1 aromatic rings. The van der Waals surface area contributed by atoms with Gasteiger partial charge in [0, 0.05) is 12.0 Å². The van der Waals surface area contributed by atoms with E-state index < -0.39 is 0 Å². The van der Waals surface area contributed by atoms with Crippen LogP contribution in [-0.4, -0.2) is 11.1 Å². The van der Waals surface area contributed by atoms with Gasteiger partial charge in [0.2, 0.25) is 5.91 Å². The number of rotatable bonds is 2. The molecule has 1 N–H and O–H groups in total. The van der Waals surface area contributed by atoms with Gasteiger partial charge in [-0.15, -0.1) is 0 Å². The average molecular weight is 220 g/mol. The van der Waals surface area contributed by atoms with Gasteiger partial charge in [0.15, 0.2) is 5.82 Å². The predicted molar refractivity (Wildman–Crippen MR) is 58.8 cm³/mol. The highest BCUT2D eigenvalue weighted by atomic mass is 16.5. The van der Waals surface area contributed by atoms with E-state index in [0.717, 1.165) is 18.1 Å². The third-order valence-electron chi connectivity index (χ3n) is 3.95. The zero-order valence-electron chi connectivity index (χ0n) is 9.40. The highest BCUT2D eigenvalue weighted by Crippen LogP contribution is 2.48. The molecule has 3 atom stereocenters. The quantitative estimate of drug-likeness (QED) is 0.832. The topological polar surface area (TPSA) is 55.1 Å². The fourth-order valence-corrected chi connectivity index (χ4v) is 3.21. The van der Waals surface area contributed by atoms with Crippen LogP contribution in [0.5, 0.6) is 0 Å². The molecule has 0 saturated heterocycles. The van der Waals surface area contributed by atoms with Crippen molar-refractivity contribution in [2.45, 2.75) is 32.6 Å². The first kappa shape index (κ1) is 9.87. The van der Waals surface area contributed by atoms with Crippen LogP contribution >= 0.6 is 0 Å². The lowest BCUT2D eigenvalue weighted by Crippen LogP contribution is -2.27. The molecule has 1 amide bonds. The van der Waals surface area contributed by atoms with Crippen molar-refractivity contribution in [3.05, 3.63) is 11.8 Å². The Hall–Kier alpha value is -1.32. The summed E-state index contributed by atoms with van der Waals surface area (Å²) in [4.78, 5) is 12.0. The van der Waals surface area contributed by atoms with E-state index in [1.807, 2.05) is 6.92 Å². The number of hydrogen-bond donors (Lipinski definition) is 1. The Bertz CT molecular complexity index is 413. The van der Waals surface area contributed by atoms with Crippen molar-refractivity contribution in [1.29, 1.82) is 0 Å². The first-order valence-corrected chi connectivity index (χ1v) is 5.96. The van der Waals surface area contributed by atoms with Gasteiger partial charge in [-0.3, -0.25) is 4.79 Å². The minimum Gasteiger partial charge on any atom is -0.360 e. The lowest BCUT2D eigenvalue weighted by atomic mass is 9.88. The maximum Gasteiger partial charge on any atom is 0.229 e. The zero-order chi connectivity index (χ0) is 11.1. The molecule has 3 rings (SSSR count). The molecule has 2 aliphatic carbocycles. The maximum atomic E-state index is 12.0. The molecule has 16 heavy (non-hydrogen) atoms. The number of carbonyl (C=O) groups excluding carboxylic acids is 1. The second-order valence-corrected chi connectivity index (χ2v) is 5.09. The lowest BCUT2D eigenvalue weighted by Gasteiger charge is -2.19. The van der Waals surface area contributed by atoms with Crippen LogP contribution in [0, 0.1) is 24.7 Å². The number of carbonyl (C=O) groups is 1. The van der Waals surface area contributed by atoms with Gasteiger partial charge in [-0.1, -0.05) is 11.6 Å². The standard InChI is InChI=1S/C12H16N2O2/c1-7-4-11(14-16-7)13-12(15)10-6-8-2-3-9(10)5-8/h4,8-10H,2-3,5-6H2,1H3,(H,13,14,15)/t8-,9-,10+/m1/s1. The SMILES string of the molecule is Cc1cc(NC(=O)[C@H]2C[C@@H]3CC[C@@H]2C3)no1. The molecule has 2 bridgehead atoms. The lowest BCUT2D eigenvalue weighted by molar-refractivity contribution is -0.121. The van der Waals surface area contributed by atoms with Gasteiger partial charge >= 0.3 is 0 Å². The van der Waals surface area contributed by atoms with Gasteiger partial charge in [-0.2, -0.15) is 0 Å². The zero-order valence-corrected chi connectivity index (χ0v) is 9.40. The Balaban J connectivity index is 1.65. The molecule has 4 nitrogen and oxygen atoms in total. The molecule has 0 radical (unpaired) electrons. The molecule has 0 aliphatic heterocycles. The Morgan fingerprint density at radius 3 is 2.94 bits per heavy atom. The number of anilines is 1. The second-order valence-electron chi connectivity index (χ2n) is 5.09. The van der Waals surface area contributed by atoms with Crippen molar-refractivity contribution < 1.29 is 9.32 Å². The second kappa shape index (κ2) is 3.61. The van der Waals surface area contributed by atoms with E-state index in [9.17, 15) is 4.79 Å². The molecule has 2 saturated carbocycles. The normalized spacial score (nSPS) is 31.9. The predicted octanol–water partition coefficient (Wildman–Crippen LogP) is 2.36. The third-order valence-corrected chi connectivity index (χ3v) is 3.95. The van der Waals surface area contributed by atoms with Gasteiger partial charge < -0.3 is 9.84 Å². The van der Waals surface area contributed by atoms with Gasteiger partial charge in [0.05, 0.1) is 0 Å². The summed E-state index contributed by atoms with van der Waals surface area (Å²) in [5, 5.41) is 6.63. The first-order chi connectivity index (χ1) is 7.72. The molecule has 4 heteroatoms. The van der Waals surface area contributed by atoms with Crippen molar-refractivity contribution >= 4 is 11.7 Å². The van der Waals surface area contributed by atoms with E-state index in [4.69, 9.17) is 4.52 Å². The van der Waals surface area contributed by atoms with Crippen LogP contribution in [0.1, 0.15) is 31.4 Å². The largest absolute Gasteiger partial charge is 0.360 e. The summed E-state index contributed by atoms with van der Waals surface area (Å²) in [5.41, 5.74) is 0. The molecule has 1 heterocycles. The Labute approximate surface area is 94.4 Å². The fourth-order valence-electron chi connectivity index (χ4n) is 3.21. The Kier molecular flexibility index (Phi) is 2.23. The van der Waals surface area contributed by atoms with E-state index in [2.05, 4.69) is 10.5 Å². The van der Waals surface area contributed by atoms with Crippen molar-refractivity contribution in [2.75, 3.05) is 5.32 Å². The molecule has 86 valence electrons. The maximum absolute atomic E-state index is 12.0. The van der Waals surface area contributed by atoms with Crippen LogP contribution in [0.3, 0.4) is 0 Å². The molecule has 0 aromatic carbocycles. The van der Waals surface area contributed by atoms with E-state index in [1.165, 1.54) is 19.3 Å². The third kappa shape index (κ3) is 1.62. The molecule has 2 aliphatic rings. The van der Waals surface area contributed by atoms with Crippen LogP contribution in [0.25, 0.3) is 0 Å². The van der Waals surface area contributed by atoms with E-state index in [0.29, 0.717) is 11.7 Å². The molecule has 1 aromatic heterocycles. The van der Waals surface area contributed by atoms with Crippen LogP contribution in [0.15, 0.2) is 10.6 Å². The molecule has 0 unspecified atom stereocenters. The minimum atomic E-state index is 0.125. The highest BCUT2D eigenvalue weighted by molar-refractivity contribution is 5.92. The Morgan fingerprint density at radius 2 is 2.38 bits per heavy atom. The average Bonchev–Trinajstić information content (AvgIpc) is 2.93. The van der Waals surface area contributed by atoms with Gasteiger partial charge in [0.25, 0.3) is 0 Å². The van der Waals surface area contributed by atoms with E-state index >= 15 is 0 Å². The molecule has 2 fully saturated rings. The minimum absolute atomic E-state index is 0.125. The van der Waals surface area contributed by atoms with Crippen LogP contribution in [-0.2, 0) is 4.79 Å². The number of hydrogen-bond acceptors (Lipinski definition) is 3. The van der Waals surface area contributed by atoms with Crippen molar-refractivity contribution in [2.24, 2.45) is 17.8 Å². The molecule has 0 spiro atoms. The number of aryl methyl sites for hydroxylation is 1. The van der Waals surface area contributed by atoms with Crippen LogP contribution in [0.4, 0.5) is 5.82 Å². The number of aromatic nitrogens is 1. The van der Waals surface area contributed by atoms with E-state index in [1.54, 1.807) is 6.07 Å². The summed E-state index contributed by atoms with van der Waals surface area (Å²) in [6.45, 7) is 1.82. The first-order valence-electron chi connectivity index (χ1n) is 5.96.